The second kappa shape index (κ2) is 8.89. The Kier molecular flexibility index (Phi) is 7.74. The van der Waals surface area contributed by atoms with Gasteiger partial charge in [0.05, 0.1) is 8.07 Å². The van der Waals surface area contributed by atoms with Crippen LogP contribution in [0.1, 0.15) is 32.6 Å². The fourth-order valence-corrected chi connectivity index (χ4v) is 5.93. The maximum Gasteiger partial charge on any atom is 0.534 e. The van der Waals surface area contributed by atoms with Gasteiger partial charge in [0.25, 0.3) is 0 Å². The molecular weight excluding hydrogens is 369 g/mol. The Morgan fingerprint density at radius 1 is 1.16 bits per heavy atom. The van der Waals surface area contributed by atoms with Gasteiger partial charge >= 0.3 is 15.6 Å². The van der Waals surface area contributed by atoms with E-state index >= 15 is 0 Å². The number of allylic oxidation sites excluding steroid dienone is 1. The molecule has 0 aliphatic carbocycles. The highest BCUT2D eigenvalue weighted by Gasteiger charge is 2.48. The van der Waals surface area contributed by atoms with Crippen molar-refractivity contribution in [3.05, 3.63) is 42.7 Å². The molecule has 0 bridgehead atoms. The fourth-order valence-electron chi connectivity index (χ4n) is 2.65. The smallest absolute Gasteiger partial charge is 0.384 e. The van der Waals surface area contributed by atoms with Crippen LogP contribution in [0, 0.1) is 0 Å². The van der Waals surface area contributed by atoms with Crippen molar-refractivity contribution in [1.29, 1.82) is 0 Å². The average Bonchev–Trinajstić information content (AvgIpc) is 2.53. The van der Waals surface area contributed by atoms with Crippen LogP contribution in [-0.4, -0.2) is 22.0 Å². The third-order valence-electron chi connectivity index (χ3n) is 4.34. The highest BCUT2D eigenvalue weighted by molar-refractivity contribution is 7.87. The second-order valence-electron chi connectivity index (χ2n) is 6.51. The van der Waals surface area contributed by atoms with E-state index in [4.69, 9.17) is 0 Å². The standard InChI is InChI=1S/C17H25F3O3SSi/c1-4-5-7-10-16(13-14-23-24(21,22)17(18,19)20)25(2,3)15-11-8-6-9-12-15/h6,8-9,11-14,16H,4-5,7,10H2,1-3H3/b14-13+/t16-/m0/s1. The van der Waals surface area contributed by atoms with Crippen molar-refractivity contribution in [1.82, 2.24) is 0 Å². The van der Waals surface area contributed by atoms with E-state index in [1.54, 1.807) is 0 Å². The van der Waals surface area contributed by atoms with Gasteiger partial charge in [0.2, 0.25) is 0 Å². The zero-order valence-electron chi connectivity index (χ0n) is 14.7. The van der Waals surface area contributed by atoms with Gasteiger partial charge in [0.15, 0.2) is 0 Å². The first-order valence-electron chi connectivity index (χ1n) is 8.24. The number of halogens is 3. The van der Waals surface area contributed by atoms with E-state index in [9.17, 15) is 21.6 Å². The van der Waals surface area contributed by atoms with Crippen molar-refractivity contribution in [3.8, 4) is 0 Å². The lowest BCUT2D eigenvalue weighted by molar-refractivity contribution is -0.0515. The topological polar surface area (TPSA) is 43.4 Å². The Balaban J connectivity index is 2.99. The van der Waals surface area contributed by atoms with E-state index in [-0.39, 0.29) is 5.54 Å². The van der Waals surface area contributed by atoms with Crippen molar-refractivity contribution < 1.29 is 25.8 Å². The van der Waals surface area contributed by atoms with Crippen LogP contribution < -0.4 is 5.19 Å². The molecule has 0 aliphatic rings. The first-order chi connectivity index (χ1) is 11.5. The van der Waals surface area contributed by atoms with Crippen LogP contribution in [0.15, 0.2) is 42.7 Å². The van der Waals surface area contributed by atoms with Crippen LogP contribution in [0.2, 0.25) is 18.6 Å². The molecule has 0 aromatic heterocycles. The SMILES string of the molecule is CCCCC[C@@H](/C=C/OS(=O)(=O)C(F)(F)F)[Si](C)(C)c1ccccc1. The molecule has 1 aromatic rings. The molecule has 0 heterocycles. The Labute approximate surface area is 149 Å². The molecule has 1 rings (SSSR count). The van der Waals surface area contributed by atoms with Gasteiger partial charge in [0.1, 0.15) is 6.26 Å². The predicted molar refractivity (Wildman–Crippen MR) is 96.6 cm³/mol. The molecule has 0 unspecified atom stereocenters. The lowest BCUT2D eigenvalue weighted by atomic mass is 10.1. The zero-order valence-corrected chi connectivity index (χ0v) is 16.5. The molecule has 0 saturated carbocycles. The fraction of sp³-hybridized carbons (Fsp3) is 0.529. The average molecular weight is 395 g/mol. The van der Waals surface area contributed by atoms with Crippen molar-refractivity contribution in [2.45, 2.75) is 56.8 Å². The third-order valence-corrected chi connectivity index (χ3v) is 9.43. The van der Waals surface area contributed by atoms with Gasteiger partial charge in [0, 0.05) is 0 Å². The van der Waals surface area contributed by atoms with Crippen LogP contribution in [0.5, 0.6) is 0 Å². The minimum absolute atomic E-state index is 0.0233. The molecule has 0 radical (unpaired) electrons. The molecule has 142 valence electrons. The molecule has 25 heavy (non-hydrogen) atoms. The van der Waals surface area contributed by atoms with Crippen LogP contribution in [0.4, 0.5) is 13.2 Å². The molecule has 1 aromatic carbocycles. The molecule has 0 N–H and O–H groups in total. The quantitative estimate of drug-likeness (QED) is 0.196. The summed E-state index contributed by atoms with van der Waals surface area (Å²) in [6, 6.07) is 9.80. The summed E-state index contributed by atoms with van der Waals surface area (Å²) in [5.74, 6) is 0. The van der Waals surface area contributed by atoms with Crippen molar-refractivity contribution in [2.24, 2.45) is 0 Å². The largest absolute Gasteiger partial charge is 0.534 e. The maximum absolute atomic E-state index is 12.4. The van der Waals surface area contributed by atoms with Gasteiger partial charge in [-0.1, -0.05) is 74.8 Å². The summed E-state index contributed by atoms with van der Waals surface area (Å²) in [5, 5.41) is 1.17. The van der Waals surface area contributed by atoms with Gasteiger partial charge < -0.3 is 4.18 Å². The molecule has 0 spiro atoms. The van der Waals surface area contributed by atoms with Crippen LogP contribution in [-0.2, 0) is 14.3 Å². The summed E-state index contributed by atoms with van der Waals surface area (Å²) in [6.07, 6.45) is 5.94. The predicted octanol–water partition coefficient (Wildman–Crippen LogP) is 4.93. The zero-order chi connectivity index (χ0) is 19.1. The summed E-state index contributed by atoms with van der Waals surface area (Å²) in [7, 11) is -7.64. The van der Waals surface area contributed by atoms with E-state index in [2.05, 4.69) is 24.2 Å². The first kappa shape index (κ1) is 21.8. The van der Waals surface area contributed by atoms with Gasteiger partial charge in [-0.3, -0.25) is 0 Å². The minimum atomic E-state index is -5.60. The maximum atomic E-state index is 12.4. The molecule has 0 amide bonds. The molecule has 0 fully saturated rings. The van der Waals surface area contributed by atoms with E-state index in [0.29, 0.717) is 6.26 Å². The highest BCUT2D eigenvalue weighted by atomic mass is 32.2. The summed E-state index contributed by atoms with van der Waals surface area (Å²) in [4.78, 5) is 0. The second-order valence-corrected chi connectivity index (χ2v) is 12.8. The normalized spacial score (nSPS) is 14.6. The van der Waals surface area contributed by atoms with Crippen molar-refractivity contribution in [2.75, 3.05) is 0 Å². The molecule has 0 aliphatic heterocycles. The Bertz CT molecular complexity index is 655. The molecule has 8 heteroatoms. The molecule has 1 atom stereocenters. The van der Waals surface area contributed by atoms with Crippen molar-refractivity contribution >= 4 is 23.4 Å². The summed E-state index contributed by atoms with van der Waals surface area (Å²) in [5.41, 5.74) is -5.44. The van der Waals surface area contributed by atoms with E-state index in [0.717, 1.165) is 25.7 Å². The number of alkyl halides is 3. The number of rotatable bonds is 9. The van der Waals surface area contributed by atoms with Crippen molar-refractivity contribution in [3.63, 3.8) is 0 Å². The van der Waals surface area contributed by atoms with E-state index in [1.807, 2.05) is 30.3 Å². The lowest BCUT2D eigenvalue weighted by Crippen LogP contribution is -2.45. The van der Waals surface area contributed by atoms with Gasteiger partial charge in [-0.05, 0) is 18.0 Å². The monoisotopic (exact) mass is 394 g/mol. The molecule has 0 saturated heterocycles. The van der Waals surface area contributed by atoms with E-state index in [1.165, 1.54) is 11.3 Å². The number of hydrogen-bond donors (Lipinski definition) is 0. The lowest BCUT2D eigenvalue weighted by Gasteiger charge is -2.31. The highest BCUT2D eigenvalue weighted by Crippen LogP contribution is 2.30. The Morgan fingerprint density at radius 3 is 2.28 bits per heavy atom. The third kappa shape index (κ3) is 6.18. The van der Waals surface area contributed by atoms with Gasteiger partial charge in [-0.15, -0.1) is 0 Å². The molecule has 3 nitrogen and oxygen atoms in total. The minimum Gasteiger partial charge on any atom is -0.384 e. The first-order valence-corrected chi connectivity index (χ1v) is 12.7. The van der Waals surface area contributed by atoms with Gasteiger partial charge in [-0.2, -0.15) is 21.6 Å². The summed E-state index contributed by atoms with van der Waals surface area (Å²) >= 11 is 0. The number of unbranched alkanes of at least 4 members (excludes halogenated alkanes) is 2. The summed E-state index contributed by atoms with van der Waals surface area (Å²) < 4.78 is 63.2. The van der Waals surface area contributed by atoms with Crippen LogP contribution in [0.3, 0.4) is 0 Å². The van der Waals surface area contributed by atoms with Gasteiger partial charge in [-0.25, -0.2) is 0 Å². The van der Waals surface area contributed by atoms with E-state index < -0.39 is 23.7 Å². The molecular formula is C17H25F3O3SSi. The number of hydrogen-bond acceptors (Lipinski definition) is 3. The Morgan fingerprint density at radius 2 is 1.76 bits per heavy atom. The van der Waals surface area contributed by atoms with Crippen LogP contribution in [0.25, 0.3) is 0 Å². The van der Waals surface area contributed by atoms with Crippen LogP contribution >= 0.6 is 0 Å². The number of benzene rings is 1. The Hall–Kier alpha value is -1.28. The summed E-state index contributed by atoms with van der Waals surface area (Å²) in [6.45, 7) is 6.33.